The molecule has 0 bridgehead atoms. The minimum atomic E-state index is -0.0821. The number of carbonyl (C=O) groups is 2. The first-order valence-corrected chi connectivity index (χ1v) is 6.28. The standard InChI is InChI=1S/C12H23N3O2/c1-4-5-14-11(16)8-15(3)12(17)10-7-13-6-9(10)2/h9-10,13H,4-8H2,1-3H3,(H,14,16)/t9-,10-/m1/s1. The van der Waals surface area contributed by atoms with Crippen LogP contribution in [0.3, 0.4) is 0 Å². The fourth-order valence-electron chi connectivity index (χ4n) is 2.04. The summed E-state index contributed by atoms with van der Waals surface area (Å²) in [4.78, 5) is 25.1. The Morgan fingerprint density at radius 1 is 1.41 bits per heavy atom. The van der Waals surface area contributed by atoms with Crippen molar-refractivity contribution in [1.29, 1.82) is 0 Å². The summed E-state index contributed by atoms with van der Waals surface area (Å²) >= 11 is 0. The molecular weight excluding hydrogens is 218 g/mol. The van der Waals surface area contributed by atoms with Crippen LogP contribution in [0.4, 0.5) is 0 Å². The van der Waals surface area contributed by atoms with Crippen LogP contribution in [-0.4, -0.2) is 49.9 Å². The first-order chi connectivity index (χ1) is 8.06. The average Bonchev–Trinajstić information content (AvgIpc) is 2.71. The van der Waals surface area contributed by atoms with Gasteiger partial charge in [-0.1, -0.05) is 13.8 Å². The van der Waals surface area contributed by atoms with Gasteiger partial charge < -0.3 is 15.5 Å². The third-order valence-corrected chi connectivity index (χ3v) is 3.16. The summed E-state index contributed by atoms with van der Waals surface area (Å²) in [5.41, 5.74) is 0. The Kier molecular flexibility index (Phi) is 5.41. The lowest BCUT2D eigenvalue weighted by Crippen LogP contribution is -2.42. The van der Waals surface area contributed by atoms with Gasteiger partial charge in [-0.2, -0.15) is 0 Å². The van der Waals surface area contributed by atoms with Crippen molar-refractivity contribution in [1.82, 2.24) is 15.5 Å². The molecule has 2 amide bonds. The van der Waals surface area contributed by atoms with Gasteiger partial charge in [0.05, 0.1) is 12.5 Å². The number of hydrogen-bond donors (Lipinski definition) is 2. The molecule has 5 heteroatoms. The van der Waals surface area contributed by atoms with Crippen molar-refractivity contribution >= 4 is 11.8 Å². The van der Waals surface area contributed by atoms with E-state index in [1.807, 2.05) is 6.92 Å². The molecule has 1 aliphatic rings. The third-order valence-electron chi connectivity index (χ3n) is 3.16. The van der Waals surface area contributed by atoms with Gasteiger partial charge in [0.25, 0.3) is 0 Å². The number of likely N-dealkylation sites (N-methyl/N-ethyl adjacent to an activating group) is 1. The zero-order chi connectivity index (χ0) is 12.8. The van der Waals surface area contributed by atoms with E-state index in [0.717, 1.165) is 19.5 Å². The molecule has 5 nitrogen and oxygen atoms in total. The number of nitrogens with zero attached hydrogens (tertiary/aromatic N) is 1. The average molecular weight is 241 g/mol. The topological polar surface area (TPSA) is 61.4 Å². The molecule has 0 saturated carbocycles. The molecule has 1 rings (SSSR count). The van der Waals surface area contributed by atoms with Crippen LogP contribution in [-0.2, 0) is 9.59 Å². The van der Waals surface area contributed by atoms with Crippen LogP contribution in [0.1, 0.15) is 20.3 Å². The maximum absolute atomic E-state index is 12.1. The monoisotopic (exact) mass is 241 g/mol. The summed E-state index contributed by atoms with van der Waals surface area (Å²) < 4.78 is 0. The Morgan fingerprint density at radius 3 is 2.65 bits per heavy atom. The maximum Gasteiger partial charge on any atom is 0.239 e. The van der Waals surface area contributed by atoms with E-state index in [0.29, 0.717) is 12.5 Å². The molecule has 0 radical (unpaired) electrons. The fourth-order valence-corrected chi connectivity index (χ4v) is 2.04. The third kappa shape index (κ3) is 4.00. The highest BCUT2D eigenvalue weighted by Gasteiger charge is 2.31. The van der Waals surface area contributed by atoms with E-state index in [4.69, 9.17) is 0 Å². The van der Waals surface area contributed by atoms with Crippen molar-refractivity contribution < 1.29 is 9.59 Å². The quantitative estimate of drug-likeness (QED) is 0.702. The molecule has 0 aromatic heterocycles. The van der Waals surface area contributed by atoms with Gasteiger partial charge in [0.1, 0.15) is 0 Å². The van der Waals surface area contributed by atoms with Crippen LogP contribution in [0.25, 0.3) is 0 Å². The van der Waals surface area contributed by atoms with Crippen molar-refractivity contribution in [2.75, 3.05) is 33.2 Å². The summed E-state index contributed by atoms with van der Waals surface area (Å²) in [5.74, 6) is 0.345. The minimum absolute atomic E-state index is 0.0129. The minimum Gasteiger partial charge on any atom is -0.355 e. The van der Waals surface area contributed by atoms with Crippen molar-refractivity contribution in [3.8, 4) is 0 Å². The van der Waals surface area contributed by atoms with E-state index in [1.165, 1.54) is 4.90 Å². The second-order valence-corrected chi connectivity index (χ2v) is 4.79. The fraction of sp³-hybridized carbons (Fsp3) is 0.833. The zero-order valence-corrected chi connectivity index (χ0v) is 11.0. The zero-order valence-electron chi connectivity index (χ0n) is 11.0. The first-order valence-electron chi connectivity index (χ1n) is 6.28. The highest BCUT2D eigenvalue weighted by Crippen LogP contribution is 2.17. The number of hydrogen-bond acceptors (Lipinski definition) is 3. The van der Waals surface area contributed by atoms with Gasteiger partial charge in [0, 0.05) is 20.1 Å². The summed E-state index contributed by atoms with van der Waals surface area (Å²) in [5, 5.41) is 5.97. The Morgan fingerprint density at radius 2 is 2.12 bits per heavy atom. The summed E-state index contributed by atoms with van der Waals surface area (Å²) in [7, 11) is 1.69. The lowest BCUT2D eigenvalue weighted by Gasteiger charge is -2.22. The van der Waals surface area contributed by atoms with Crippen molar-refractivity contribution in [3.05, 3.63) is 0 Å². The van der Waals surface area contributed by atoms with Crippen LogP contribution in [0.2, 0.25) is 0 Å². The Bertz CT molecular complexity index is 281. The van der Waals surface area contributed by atoms with Crippen LogP contribution in [0, 0.1) is 11.8 Å². The lowest BCUT2D eigenvalue weighted by atomic mass is 9.97. The van der Waals surface area contributed by atoms with E-state index in [-0.39, 0.29) is 24.3 Å². The van der Waals surface area contributed by atoms with E-state index in [9.17, 15) is 9.59 Å². The van der Waals surface area contributed by atoms with E-state index >= 15 is 0 Å². The molecule has 2 atom stereocenters. The van der Waals surface area contributed by atoms with Gasteiger partial charge >= 0.3 is 0 Å². The molecule has 1 fully saturated rings. The molecule has 0 unspecified atom stereocenters. The molecule has 2 N–H and O–H groups in total. The van der Waals surface area contributed by atoms with Gasteiger partial charge in [0.15, 0.2) is 0 Å². The van der Waals surface area contributed by atoms with Gasteiger partial charge in [-0.25, -0.2) is 0 Å². The number of rotatable bonds is 5. The molecular formula is C12H23N3O2. The van der Waals surface area contributed by atoms with Crippen molar-refractivity contribution in [2.45, 2.75) is 20.3 Å². The van der Waals surface area contributed by atoms with Crippen LogP contribution in [0.5, 0.6) is 0 Å². The second kappa shape index (κ2) is 6.59. The number of amides is 2. The smallest absolute Gasteiger partial charge is 0.239 e. The normalized spacial score (nSPS) is 23.5. The molecule has 0 aromatic rings. The van der Waals surface area contributed by atoms with Gasteiger partial charge in [0.2, 0.25) is 11.8 Å². The first kappa shape index (κ1) is 14.0. The predicted octanol–water partition coefficient (Wildman–Crippen LogP) is -0.173. The maximum atomic E-state index is 12.1. The highest BCUT2D eigenvalue weighted by atomic mass is 16.2. The summed E-state index contributed by atoms with van der Waals surface area (Å²) in [6.07, 6.45) is 0.910. The molecule has 0 aliphatic carbocycles. The molecule has 1 saturated heterocycles. The SMILES string of the molecule is CCCNC(=O)CN(C)C(=O)[C@@H]1CNC[C@H]1C. The molecule has 17 heavy (non-hydrogen) atoms. The second-order valence-electron chi connectivity index (χ2n) is 4.79. The largest absolute Gasteiger partial charge is 0.355 e. The Labute approximate surface area is 103 Å². The van der Waals surface area contributed by atoms with Crippen molar-refractivity contribution in [2.24, 2.45) is 11.8 Å². The van der Waals surface area contributed by atoms with Crippen LogP contribution >= 0.6 is 0 Å². The highest BCUT2D eigenvalue weighted by molar-refractivity contribution is 5.86. The molecule has 1 heterocycles. The van der Waals surface area contributed by atoms with Crippen molar-refractivity contribution in [3.63, 3.8) is 0 Å². The molecule has 98 valence electrons. The van der Waals surface area contributed by atoms with Crippen LogP contribution < -0.4 is 10.6 Å². The Balaban J connectivity index is 2.38. The molecule has 0 spiro atoms. The summed E-state index contributed by atoms with van der Waals surface area (Å²) in [6, 6.07) is 0. The van der Waals surface area contributed by atoms with Gasteiger partial charge in [-0.3, -0.25) is 9.59 Å². The van der Waals surface area contributed by atoms with E-state index in [1.54, 1.807) is 7.05 Å². The van der Waals surface area contributed by atoms with E-state index < -0.39 is 0 Å². The van der Waals surface area contributed by atoms with E-state index in [2.05, 4.69) is 17.6 Å². The Hall–Kier alpha value is -1.10. The molecule has 1 aliphatic heterocycles. The number of carbonyl (C=O) groups excluding carboxylic acids is 2. The lowest BCUT2D eigenvalue weighted by molar-refractivity contribution is -0.138. The molecule has 0 aromatic carbocycles. The van der Waals surface area contributed by atoms with Crippen LogP contribution in [0.15, 0.2) is 0 Å². The van der Waals surface area contributed by atoms with Gasteiger partial charge in [-0.15, -0.1) is 0 Å². The number of nitrogens with one attached hydrogen (secondary N) is 2. The summed E-state index contributed by atoms with van der Waals surface area (Å²) in [6.45, 7) is 6.49. The van der Waals surface area contributed by atoms with Gasteiger partial charge in [-0.05, 0) is 18.9 Å². The predicted molar refractivity (Wildman–Crippen MR) is 66.5 cm³/mol.